The van der Waals surface area contributed by atoms with Crippen molar-refractivity contribution in [2.45, 2.75) is 6.92 Å². The quantitative estimate of drug-likeness (QED) is 0.642. The molecule has 2 nitrogen and oxygen atoms in total. The average Bonchev–Trinajstić information content (AvgIpc) is 2.19. The van der Waals surface area contributed by atoms with Gasteiger partial charge >= 0.3 is 0 Å². The molecule has 2 N–H and O–H groups in total. The van der Waals surface area contributed by atoms with Crippen LogP contribution in [0.2, 0.25) is 5.02 Å². The van der Waals surface area contributed by atoms with E-state index in [1.807, 2.05) is 6.92 Å². The number of anilines is 1. The zero-order valence-electron chi connectivity index (χ0n) is 8.81. The van der Waals surface area contributed by atoms with Gasteiger partial charge in [-0.3, -0.25) is 0 Å². The van der Waals surface area contributed by atoms with E-state index in [2.05, 4.69) is 17.2 Å². The van der Waals surface area contributed by atoms with Gasteiger partial charge in [0.15, 0.2) is 5.11 Å². The number of nitrogens with one attached hydrogen (secondary N) is 2. The third kappa shape index (κ3) is 4.16. The van der Waals surface area contributed by atoms with Gasteiger partial charge in [0.1, 0.15) is 5.82 Å². The van der Waals surface area contributed by atoms with Gasteiger partial charge in [-0.1, -0.05) is 23.8 Å². The van der Waals surface area contributed by atoms with E-state index in [1.165, 1.54) is 18.2 Å². The first-order valence-corrected chi connectivity index (χ1v) is 5.42. The van der Waals surface area contributed by atoms with Gasteiger partial charge < -0.3 is 10.6 Å². The van der Waals surface area contributed by atoms with Crippen molar-refractivity contribution in [2.75, 3.05) is 11.9 Å². The first-order chi connectivity index (χ1) is 7.49. The molecule has 1 rings (SSSR count). The van der Waals surface area contributed by atoms with Gasteiger partial charge in [-0.2, -0.15) is 0 Å². The monoisotopic (exact) mass is 258 g/mol. The normalized spacial score (nSPS) is 9.69. The zero-order chi connectivity index (χ0) is 12.1. The topological polar surface area (TPSA) is 24.1 Å². The molecule has 0 aliphatic heterocycles. The summed E-state index contributed by atoms with van der Waals surface area (Å²) in [6.07, 6.45) is 0. The van der Waals surface area contributed by atoms with Crippen LogP contribution in [0.5, 0.6) is 0 Å². The summed E-state index contributed by atoms with van der Waals surface area (Å²) in [5.41, 5.74) is 1.54. The lowest BCUT2D eigenvalue weighted by atomic mass is 10.3. The van der Waals surface area contributed by atoms with Crippen molar-refractivity contribution in [1.82, 2.24) is 5.32 Å². The highest BCUT2D eigenvalue weighted by Crippen LogP contribution is 2.22. The van der Waals surface area contributed by atoms with E-state index in [1.54, 1.807) is 0 Å². The number of thiocarbonyl (C=S) groups is 1. The molecule has 0 bridgehead atoms. The number of rotatable bonds is 3. The Hall–Kier alpha value is -1.13. The second-order valence-corrected chi connectivity index (χ2v) is 4.20. The Morgan fingerprint density at radius 1 is 1.56 bits per heavy atom. The molecule has 0 spiro atoms. The van der Waals surface area contributed by atoms with Crippen molar-refractivity contribution in [3.05, 3.63) is 41.2 Å². The van der Waals surface area contributed by atoms with E-state index in [-0.39, 0.29) is 5.82 Å². The summed E-state index contributed by atoms with van der Waals surface area (Å²) in [7, 11) is 0. The molecule has 0 amide bonds. The number of halogens is 2. The molecule has 0 atom stereocenters. The average molecular weight is 259 g/mol. The van der Waals surface area contributed by atoms with E-state index in [9.17, 15) is 4.39 Å². The van der Waals surface area contributed by atoms with Gasteiger partial charge in [-0.05, 0) is 37.3 Å². The molecule has 0 saturated carbocycles. The van der Waals surface area contributed by atoms with Crippen LogP contribution in [0.3, 0.4) is 0 Å². The van der Waals surface area contributed by atoms with Crippen molar-refractivity contribution in [3.8, 4) is 0 Å². The molecule has 0 unspecified atom stereocenters. The Morgan fingerprint density at radius 2 is 2.25 bits per heavy atom. The van der Waals surface area contributed by atoms with Crippen LogP contribution in [0.25, 0.3) is 0 Å². The van der Waals surface area contributed by atoms with Gasteiger partial charge in [-0.25, -0.2) is 4.39 Å². The predicted octanol–water partition coefficient (Wildman–Crippen LogP) is 3.34. The molecule has 0 aliphatic rings. The Labute approximate surface area is 104 Å². The molecule has 16 heavy (non-hydrogen) atoms. The molecule has 0 heterocycles. The summed E-state index contributed by atoms with van der Waals surface area (Å²) in [6, 6.07) is 4.08. The Morgan fingerprint density at radius 3 is 2.81 bits per heavy atom. The Bertz CT molecular complexity index is 420. The van der Waals surface area contributed by atoms with Crippen molar-refractivity contribution in [1.29, 1.82) is 0 Å². The molecule has 0 aliphatic carbocycles. The summed E-state index contributed by atoms with van der Waals surface area (Å²) in [6.45, 7) is 6.22. The molecule has 1 aromatic carbocycles. The smallest absolute Gasteiger partial charge is 0.171 e. The molecule has 0 radical (unpaired) electrons. The minimum atomic E-state index is -0.378. The summed E-state index contributed by atoms with van der Waals surface area (Å²) in [4.78, 5) is 0. The molecule has 1 aromatic rings. The van der Waals surface area contributed by atoms with E-state index in [4.69, 9.17) is 23.8 Å². The van der Waals surface area contributed by atoms with E-state index < -0.39 is 0 Å². The first-order valence-electron chi connectivity index (χ1n) is 4.63. The number of benzene rings is 1. The van der Waals surface area contributed by atoms with Crippen LogP contribution in [0, 0.1) is 5.82 Å². The van der Waals surface area contributed by atoms with Crippen LogP contribution >= 0.6 is 23.8 Å². The molecular weight excluding hydrogens is 247 g/mol. The fourth-order valence-electron chi connectivity index (χ4n) is 0.989. The van der Waals surface area contributed by atoms with Crippen LogP contribution < -0.4 is 10.6 Å². The first kappa shape index (κ1) is 12.9. The lowest BCUT2D eigenvalue weighted by Crippen LogP contribution is -2.29. The summed E-state index contributed by atoms with van der Waals surface area (Å²) in [5.74, 6) is -0.378. The van der Waals surface area contributed by atoms with E-state index in [0.29, 0.717) is 22.4 Å². The maximum Gasteiger partial charge on any atom is 0.171 e. The largest absolute Gasteiger partial charge is 0.359 e. The van der Waals surface area contributed by atoms with Crippen molar-refractivity contribution < 1.29 is 4.39 Å². The standard InChI is InChI=1S/C11H12ClFN2S/c1-7(2)6-14-11(16)15-10-4-3-8(13)5-9(10)12/h3-5H,1,6H2,2H3,(H2,14,15,16). The highest BCUT2D eigenvalue weighted by Gasteiger charge is 2.03. The maximum absolute atomic E-state index is 12.8. The van der Waals surface area contributed by atoms with Crippen LogP contribution in [0.1, 0.15) is 6.92 Å². The van der Waals surface area contributed by atoms with Gasteiger partial charge in [0, 0.05) is 6.54 Å². The fraction of sp³-hybridized carbons (Fsp3) is 0.182. The predicted molar refractivity (Wildman–Crippen MR) is 70.4 cm³/mol. The third-order valence-electron chi connectivity index (χ3n) is 1.73. The molecule has 0 fully saturated rings. The summed E-state index contributed by atoms with van der Waals surface area (Å²) >= 11 is 10.9. The summed E-state index contributed by atoms with van der Waals surface area (Å²) in [5, 5.41) is 6.53. The van der Waals surface area contributed by atoms with Gasteiger partial charge in [-0.15, -0.1) is 0 Å². The molecule has 0 saturated heterocycles. The van der Waals surface area contributed by atoms with Gasteiger partial charge in [0.05, 0.1) is 10.7 Å². The maximum atomic E-state index is 12.8. The third-order valence-corrected chi connectivity index (χ3v) is 2.29. The van der Waals surface area contributed by atoms with Gasteiger partial charge in [0.25, 0.3) is 0 Å². The highest BCUT2D eigenvalue weighted by molar-refractivity contribution is 7.80. The van der Waals surface area contributed by atoms with Crippen molar-refractivity contribution >= 4 is 34.6 Å². The molecule has 86 valence electrons. The second-order valence-electron chi connectivity index (χ2n) is 3.39. The van der Waals surface area contributed by atoms with Crippen LogP contribution in [0.4, 0.5) is 10.1 Å². The summed E-state index contributed by atoms with van der Waals surface area (Å²) < 4.78 is 12.8. The Balaban J connectivity index is 2.59. The van der Waals surface area contributed by atoms with Crippen LogP contribution in [-0.2, 0) is 0 Å². The van der Waals surface area contributed by atoms with E-state index in [0.717, 1.165) is 5.57 Å². The van der Waals surface area contributed by atoms with Crippen LogP contribution in [-0.4, -0.2) is 11.7 Å². The second kappa shape index (κ2) is 5.82. The van der Waals surface area contributed by atoms with Crippen molar-refractivity contribution in [3.63, 3.8) is 0 Å². The number of hydrogen-bond donors (Lipinski definition) is 2. The molecule has 5 heteroatoms. The molecular formula is C11H12ClFN2S. The highest BCUT2D eigenvalue weighted by atomic mass is 35.5. The number of hydrogen-bond acceptors (Lipinski definition) is 1. The fourth-order valence-corrected chi connectivity index (χ4v) is 1.39. The minimum Gasteiger partial charge on any atom is -0.359 e. The van der Waals surface area contributed by atoms with Gasteiger partial charge in [0.2, 0.25) is 0 Å². The Kier molecular flexibility index (Phi) is 4.71. The van der Waals surface area contributed by atoms with E-state index >= 15 is 0 Å². The lowest BCUT2D eigenvalue weighted by Gasteiger charge is -2.11. The molecule has 0 aromatic heterocycles. The SMILES string of the molecule is C=C(C)CNC(=S)Nc1ccc(F)cc1Cl. The minimum absolute atomic E-state index is 0.291. The zero-order valence-corrected chi connectivity index (χ0v) is 10.4. The van der Waals surface area contributed by atoms with Crippen molar-refractivity contribution in [2.24, 2.45) is 0 Å². The lowest BCUT2D eigenvalue weighted by molar-refractivity contribution is 0.628. The van der Waals surface area contributed by atoms with Crippen LogP contribution in [0.15, 0.2) is 30.4 Å².